The van der Waals surface area contributed by atoms with Crippen molar-refractivity contribution in [3.05, 3.63) is 58.8 Å². The van der Waals surface area contributed by atoms with E-state index in [1.807, 2.05) is 13.0 Å². The second-order valence-electron chi connectivity index (χ2n) is 8.38. The summed E-state index contributed by atoms with van der Waals surface area (Å²) >= 11 is 6.46. The van der Waals surface area contributed by atoms with Crippen molar-refractivity contribution in [2.45, 2.75) is 26.3 Å². The summed E-state index contributed by atoms with van der Waals surface area (Å²) in [7, 11) is 0. The van der Waals surface area contributed by atoms with E-state index < -0.39 is 12.0 Å². The van der Waals surface area contributed by atoms with Gasteiger partial charge in [0.1, 0.15) is 0 Å². The van der Waals surface area contributed by atoms with Crippen molar-refractivity contribution in [3.63, 3.8) is 0 Å². The molecule has 190 valence electrons. The first-order valence-corrected chi connectivity index (χ1v) is 12.4. The van der Waals surface area contributed by atoms with Gasteiger partial charge in [0, 0.05) is 56.5 Å². The van der Waals surface area contributed by atoms with Crippen LogP contribution in [0.2, 0.25) is 5.02 Å². The van der Waals surface area contributed by atoms with Crippen molar-refractivity contribution in [1.82, 2.24) is 25.3 Å². The Morgan fingerprint density at radius 2 is 1.94 bits per heavy atom. The number of nitrogens with zero attached hydrogens (tertiary/aromatic N) is 3. The van der Waals surface area contributed by atoms with E-state index in [1.165, 1.54) is 4.90 Å². The molecule has 3 rings (SSSR count). The van der Waals surface area contributed by atoms with Crippen molar-refractivity contribution in [2.24, 2.45) is 0 Å². The minimum Gasteiger partial charge on any atom is -0.463 e. The van der Waals surface area contributed by atoms with Crippen molar-refractivity contribution < 1.29 is 19.1 Å². The highest BCUT2D eigenvalue weighted by Gasteiger charge is 2.39. The Morgan fingerprint density at radius 1 is 1.23 bits per heavy atom. The molecule has 0 aromatic heterocycles. The number of carbonyl (C=O) groups excluding carboxylic acids is 3. The molecule has 35 heavy (non-hydrogen) atoms. The fraction of sp³-hybridized carbons (Fsp3) is 0.480. The number of amides is 4. The summed E-state index contributed by atoms with van der Waals surface area (Å²) in [5, 5.41) is 6.28. The Morgan fingerprint density at radius 3 is 2.57 bits per heavy atom. The van der Waals surface area contributed by atoms with Crippen LogP contribution in [0.25, 0.3) is 0 Å². The number of carbonyl (C=O) groups is 3. The maximum Gasteiger partial charge on any atom is 0.338 e. The van der Waals surface area contributed by atoms with Crippen LogP contribution in [-0.2, 0) is 9.53 Å². The monoisotopic (exact) mass is 503 g/mol. The molecule has 1 atom stereocenters. The highest BCUT2D eigenvalue weighted by molar-refractivity contribution is 6.31. The maximum absolute atomic E-state index is 13.2. The molecular weight excluding hydrogens is 470 g/mol. The number of rotatable bonds is 9. The van der Waals surface area contributed by atoms with E-state index in [2.05, 4.69) is 22.1 Å². The van der Waals surface area contributed by atoms with Crippen molar-refractivity contribution in [2.75, 3.05) is 52.4 Å². The zero-order valence-electron chi connectivity index (χ0n) is 20.4. The van der Waals surface area contributed by atoms with E-state index in [-0.39, 0.29) is 25.2 Å². The quantitative estimate of drug-likeness (QED) is 0.399. The first-order valence-electron chi connectivity index (χ1n) is 12.0. The normalized spacial score (nSPS) is 18.8. The van der Waals surface area contributed by atoms with Gasteiger partial charge in [0.05, 0.1) is 18.2 Å². The molecule has 10 heteroatoms. The number of esters is 1. The number of piperazine rings is 1. The van der Waals surface area contributed by atoms with Gasteiger partial charge in [-0.15, -0.1) is 6.58 Å². The van der Waals surface area contributed by atoms with Crippen LogP contribution in [0.3, 0.4) is 0 Å². The molecule has 0 aliphatic carbocycles. The topological polar surface area (TPSA) is 94.2 Å². The molecule has 1 fully saturated rings. The Labute approximate surface area is 211 Å². The van der Waals surface area contributed by atoms with Crippen LogP contribution in [0.1, 0.15) is 31.9 Å². The average Bonchev–Trinajstić information content (AvgIpc) is 2.85. The lowest BCUT2D eigenvalue weighted by Gasteiger charge is -2.40. The number of urea groups is 2. The average molecular weight is 504 g/mol. The summed E-state index contributed by atoms with van der Waals surface area (Å²) in [6.07, 6.45) is 2.50. The smallest absolute Gasteiger partial charge is 0.338 e. The SMILES string of the molecule is C=CCN1C(=O)N[C@@H](c2ccccc2Cl)C(C(=O)OCC)=C1CN1CCN(C(=O)NCCC)CC1. The zero-order valence-corrected chi connectivity index (χ0v) is 21.1. The van der Waals surface area contributed by atoms with E-state index >= 15 is 0 Å². The van der Waals surface area contributed by atoms with Crippen LogP contribution < -0.4 is 10.6 Å². The number of benzene rings is 1. The minimum absolute atomic E-state index is 0.0676. The predicted molar refractivity (Wildman–Crippen MR) is 135 cm³/mol. The van der Waals surface area contributed by atoms with E-state index in [1.54, 1.807) is 36.1 Å². The molecular formula is C25H34ClN5O4. The lowest BCUT2D eigenvalue weighted by atomic mass is 9.94. The molecule has 2 aliphatic rings. The summed E-state index contributed by atoms with van der Waals surface area (Å²) in [6, 6.07) is 5.98. The van der Waals surface area contributed by atoms with E-state index in [9.17, 15) is 14.4 Å². The lowest BCUT2D eigenvalue weighted by Crippen LogP contribution is -2.55. The van der Waals surface area contributed by atoms with Crippen LogP contribution in [-0.4, -0.2) is 85.2 Å². The third kappa shape index (κ3) is 6.35. The highest BCUT2D eigenvalue weighted by Crippen LogP contribution is 2.35. The summed E-state index contributed by atoms with van der Waals surface area (Å²) in [6.45, 7) is 11.3. The molecule has 1 aromatic carbocycles. The highest BCUT2D eigenvalue weighted by atomic mass is 35.5. The van der Waals surface area contributed by atoms with Gasteiger partial charge in [-0.1, -0.05) is 42.8 Å². The molecule has 2 aliphatic heterocycles. The molecule has 2 N–H and O–H groups in total. The largest absolute Gasteiger partial charge is 0.463 e. The molecule has 1 aromatic rings. The zero-order chi connectivity index (χ0) is 25.4. The first-order chi connectivity index (χ1) is 16.9. The van der Waals surface area contributed by atoms with Gasteiger partial charge in [-0.2, -0.15) is 0 Å². The Hall–Kier alpha value is -3.04. The van der Waals surface area contributed by atoms with Crippen molar-refractivity contribution >= 4 is 29.6 Å². The molecule has 0 unspecified atom stereocenters. The van der Waals surface area contributed by atoms with Crippen molar-refractivity contribution in [1.29, 1.82) is 0 Å². The summed E-state index contributed by atoms with van der Waals surface area (Å²) < 4.78 is 5.42. The maximum atomic E-state index is 13.2. The molecule has 9 nitrogen and oxygen atoms in total. The molecule has 4 amide bonds. The molecule has 1 saturated heterocycles. The standard InChI is InChI=1S/C25H34ClN5O4/c1-4-11-27-24(33)30-15-13-29(14-16-30)17-20-21(23(32)35-6-3)22(18-9-7-8-10-19(18)26)28-25(34)31(20)12-5-2/h5,7-10,22H,2,4,6,11-17H2,1,3H3,(H,27,33)(H,28,34)/t22-/m0/s1. The van der Waals surface area contributed by atoms with Gasteiger partial charge in [0.25, 0.3) is 0 Å². The van der Waals surface area contributed by atoms with Crippen LogP contribution in [0.4, 0.5) is 9.59 Å². The van der Waals surface area contributed by atoms with Gasteiger partial charge in [0.15, 0.2) is 0 Å². The Balaban J connectivity index is 1.93. The van der Waals surface area contributed by atoms with E-state index in [0.29, 0.717) is 61.1 Å². The van der Waals surface area contributed by atoms with E-state index in [0.717, 1.165) is 6.42 Å². The van der Waals surface area contributed by atoms with Gasteiger partial charge in [-0.05, 0) is 25.0 Å². The van der Waals surface area contributed by atoms with Gasteiger partial charge < -0.3 is 20.3 Å². The molecule has 0 spiro atoms. The predicted octanol–water partition coefficient (Wildman–Crippen LogP) is 3.15. The van der Waals surface area contributed by atoms with E-state index in [4.69, 9.17) is 16.3 Å². The fourth-order valence-corrected chi connectivity index (χ4v) is 4.50. The minimum atomic E-state index is -0.743. The van der Waals surface area contributed by atoms with Gasteiger partial charge >= 0.3 is 18.0 Å². The number of ether oxygens (including phenoxy) is 1. The van der Waals surface area contributed by atoms with Crippen LogP contribution in [0, 0.1) is 0 Å². The number of nitrogens with one attached hydrogen (secondary N) is 2. The Kier molecular flexibility index (Phi) is 9.56. The Bertz CT molecular complexity index is 974. The third-order valence-electron chi connectivity index (χ3n) is 6.02. The third-order valence-corrected chi connectivity index (χ3v) is 6.36. The molecule has 0 radical (unpaired) electrons. The lowest BCUT2D eigenvalue weighted by molar-refractivity contribution is -0.139. The fourth-order valence-electron chi connectivity index (χ4n) is 4.25. The summed E-state index contributed by atoms with van der Waals surface area (Å²) in [5.41, 5.74) is 1.53. The van der Waals surface area contributed by atoms with Crippen LogP contribution >= 0.6 is 11.6 Å². The van der Waals surface area contributed by atoms with Crippen molar-refractivity contribution in [3.8, 4) is 0 Å². The van der Waals surface area contributed by atoms with Crippen LogP contribution in [0.15, 0.2) is 48.2 Å². The molecule has 0 bridgehead atoms. The second kappa shape index (κ2) is 12.6. The van der Waals surface area contributed by atoms with Gasteiger partial charge in [-0.25, -0.2) is 14.4 Å². The number of halogens is 1. The molecule has 2 heterocycles. The second-order valence-corrected chi connectivity index (χ2v) is 8.79. The van der Waals surface area contributed by atoms with Crippen LogP contribution in [0.5, 0.6) is 0 Å². The molecule has 0 saturated carbocycles. The number of hydrogen-bond donors (Lipinski definition) is 2. The first kappa shape index (κ1) is 26.6. The summed E-state index contributed by atoms with van der Waals surface area (Å²) in [4.78, 5) is 44.2. The van der Waals surface area contributed by atoms with Gasteiger partial charge in [0.2, 0.25) is 0 Å². The number of hydrogen-bond acceptors (Lipinski definition) is 5. The summed E-state index contributed by atoms with van der Waals surface area (Å²) in [5.74, 6) is -0.501. The van der Waals surface area contributed by atoms with Gasteiger partial charge in [-0.3, -0.25) is 9.80 Å².